The summed E-state index contributed by atoms with van der Waals surface area (Å²) in [6.45, 7) is 7.15. The van der Waals surface area contributed by atoms with Gasteiger partial charge >= 0.3 is 5.97 Å². The molecule has 0 aliphatic rings. The lowest BCUT2D eigenvalue weighted by Crippen LogP contribution is -2.40. The molecule has 9 heteroatoms. The summed E-state index contributed by atoms with van der Waals surface area (Å²) >= 11 is 6.07. The number of esters is 1. The third-order valence-corrected chi connectivity index (χ3v) is 6.03. The average Bonchev–Trinajstić information content (AvgIpc) is 2.66. The van der Waals surface area contributed by atoms with Crippen LogP contribution in [-0.4, -0.2) is 32.4 Å². The van der Waals surface area contributed by atoms with Gasteiger partial charge in [-0.05, 0) is 69.7 Å². The Kier molecular flexibility index (Phi) is 8.00. The number of anilines is 1. The molecule has 0 saturated heterocycles. The molecule has 0 saturated carbocycles. The molecule has 0 aliphatic carbocycles. The van der Waals surface area contributed by atoms with Gasteiger partial charge in [-0.15, -0.1) is 0 Å². The first-order valence-electron chi connectivity index (χ1n) is 9.51. The first kappa shape index (κ1) is 24.6. The van der Waals surface area contributed by atoms with Gasteiger partial charge in [0.2, 0.25) is 10.0 Å². The van der Waals surface area contributed by atoms with E-state index in [1.54, 1.807) is 58.0 Å². The Morgan fingerprint density at radius 3 is 2.32 bits per heavy atom. The van der Waals surface area contributed by atoms with Crippen LogP contribution in [0.2, 0.25) is 5.02 Å². The summed E-state index contributed by atoms with van der Waals surface area (Å²) in [7, 11) is -3.91. The highest BCUT2D eigenvalue weighted by molar-refractivity contribution is 7.89. The molecule has 0 unspecified atom stereocenters. The second-order valence-electron chi connectivity index (χ2n) is 7.66. The largest absolute Gasteiger partial charge is 0.463 e. The van der Waals surface area contributed by atoms with Gasteiger partial charge in [0, 0.05) is 22.9 Å². The summed E-state index contributed by atoms with van der Waals surface area (Å²) in [6, 6.07) is 10.8. The van der Waals surface area contributed by atoms with E-state index in [2.05, 4.69) is 10.0 Å². The molecule has 0 aromatic heterocycles. The Morgan fingerprint density at radius 1 is 1.10 bits per heavy atom. The number of rotatable bonds is 7. The molecule has 0 fully saturated rings. The van der Waals surface area contributed by atoms with Crippen LogP contribution in [-0.2, 0) is 19.6 Å². The van der Waals surface area contributed by atoms with Crippen LogP contribution in [0.3, 0.4) is 0 Å². The van der Waals surface area contributed by atoms with Crippen molar-refractivity contribution in [2.24, 2.45) is 0 Å². The minimum absolute atomic E-state index is 0.0195. The normalized spacial score (nSPS) is 12.0. The predicted molar refractivity (Wildman–Crippen MR) is 122 cm³/mol. The number of amides is 1. The van der Waals surface area contributed by atoms with Crippen LogP contribution < -0.4 is 10.0 Å². The van der Waals surface area contributed by atoms with E-state index >= 15 is 0 Å². The molecule has 166 valence electrons. The van der Waals surface area contributed by atoms with Gasteiger partial charge in [0.25, 0.3) is 5.91 Å². The van der Waals surface area contributed by atoms with Gasteiger partial charge in [0.15, 0.2) is 0 Å². The highest BCUT2D eigenvalue weighted by Crippen LogP contribution is 2.24. The summed E-state index contributed by atoms with van der Waals surface area (Å²) in [5.74, 6) is -0.923. The number of ether oxygens (including phenoxy) is 1. The fraction of sp³-hybridized carbons (Fsp3) is 0.273. The highest BCUT2D eigenvalue weighted by atomic mass is 35.5. The maximum absolute atomic E-state index is 12.6. The fourth-order valence-electron chi connectivity index (χ4n) is 2.54. The van der Waals surface area contributed by atoms with E-state index in [9.17, 15) is 18.0 Å². The minimum Gasteiger partial charge on any atom is -0.463 e. The first-order chi connectivity index (χ1) is 14.4. The van der Waals surface area contributed by atoms with Crippen molar-refractivity contribution in [1.82, 2.24) is 4.72 Å². The van der Waals surface area contributed by atoms with Gasteiger partial charge in [0.05, 0.1) is 11.6 Å². The van der Waals surface area contributed by atoms with Gasteiger partial charge in [-0.25, -0.2) is 17.9 Å². The van der Waals surface area contributed by atoms with Crippen molar-refractivity contribution in [1.29, 1.82) is 0 Å². The maximum atomic E-state index is 12.6. The zero-order valence-corrected chi connectivity index (χ0v) is 19.3. The average molecular weight is 465 g/mol. The van der Waals surface area contributed by atoms with E-state index in [4.69, 9.17) is 16.3 Å². The van der Waals surface area contributed by atoms with E-state index in [1.807, 2.05) is 0 Å². The number of sulfonamides is 1. The summed E-state index contributed by atoms with van der Waals surface area (Å²) in [5.41, 5.74) is 0.693. The van der Waals surface area contributed by atoms with E-state index in [0.717, 1.165) is 5.56 Å². The molecule has 31 heavy (non-hydrogen) atoms. The van der Waals surface area contributed by atoms with Crippen molar-refractivity contribution in [2.75, 3.05) is 11.9 Å². The summed E-state index contributed by atoms with van der Waals surface area (Å²) in [4.78, 5) is 23.8. The third-order valence-electron chi connectivity index (χ3n) is 3.79. The summed E-state index contributed by atoms with van der Waals surface area (Å²) in [5, 5.41) is 2.72. The molecule has 2 N–H and O–H groups in total. The highest BCUT2D eigenvalue weighted by Gasteiger charge is 2.25. The maximum Gasteiger partial charge on any atom is 0.330 e. The molecule has 2 aromatic rings. The van der Waals surface area contributed by atoms with Gasteiger partial charge < -0.3 is 10.1 Å². The lowest BCUT2D eigenvalue weighted by Gasteiger charge is -2.21. The molecule has 0 spiro atoms. The van der Waals surface area contributed by atoms with E-state index in [1.165, 1.54) is 24.3 Å². The molecular formula is C22H25ClN2O5S. The summed E-state index contributed by atoms with van der Waals surface area (Å²) < 4.78 is 32.6. The lowest BCUT2D eigenvalue weighted by atomic mass is 10.1. The number of hydrogen-bond acceptors (Lipinski definition) is 5. The van der Waals surface area contributed by atoms with Gasteiger partial charge in [-0.3, -0.25) is 4.79 Å². The standard InChI is InChI=1S/C22H25ClN2O5S/c1-5-30-20(26)13-8-15-6-10-17(11-7-15)24-21(27)16-9-12-18(23)19(14-16)31(28,29)25-22(2,3)4/h6-14,25H,5H2,1-4H3,(H,24,27)/b13-8+. The van der Waals surface area contributed by atoms with Gasteiger partial charge in [-0.1, -0.05) is 23.7 Å². The molecule has 0 atom stereocenters. The number of halogens is 1. The molecule has 7 nitrogen and oxygen atoms in total. The monoisotopic (exact) mass is 464 g/mol. The first-order valence-corrected chi connectivity index (χ1v) is 11.4. The van der Waals surface area contributed by atoms with Crippen LogP contribution in [0.15, 0.2) is 53.4 Å². The lowest BCUT2D eigenvalue weighted by molar-refractivity contribution is -0.137. The molecule has 1 amide bonds. The molecule has 0 aliphatic heterocycles. The van der Waals surface area contributed by atoms with Crippen LogP contribution in [0, 0.1) is 0 Å². The molecule has 0 radical (unpaired) electrons. The third kappa shape index (κ3) is 7.50. The Morgan fingerprint density at radius 2 is 1.74 bits per heavy atom. The van der Waals surface area contributed by atoms with Crippen molar-refractivity contribution in [3.8, 4) is 0 Å². The second kappa shape index (κ2) is 10.1. The fourth-order valence-corrected chi connectivity index (χ4v) is 4.49. The SMILES string of the molecule is CCOC(=O)/C=C/c1ccc(NC(=O)c2ccc(Cl)c(S(=O)(=O)NC(C)(C)C)c2)cc1. The molecule has 0 bridgehead atoms. The smallest absolute Gasteiger partial charge is 0.330 e. The van der Waals surface area contributed by atoms with Crippen molar-refractivity contribution >= 4 is 45.3 Å². The van der Waals surface area contributed by atoms with Crippen LogP contribution in [0.25, 0.3) is 6.08 Å². The van der Waals surface area contributed by atoms with E-state index < -0.39 is 27.4 Å². The number of nitrogens with one attached hydrogen (secondary N) is 2. The summed E-state index contributed by atoms with van der Waals surface area (Å²) in [6.07, 6.45) is 2.92. The zero-order chi connectivity index (χ0) is 23.2. The number of carbonyl (C=O) groups is 2. The van der Waals surface area contributed by atoms with Crippen LogP contribution >= 0.6 is 11.6 Å². The zero-order valence-electron chi connectivity index (χ0n) is 17.7. The number of carbonyl (C=O) groups excluding carboxylic acids is 2. The van der Waals surface area contributed by atoms with Crippen molar-refractivity contribution in [2.45, 2.75) is 38.1 Å². The Labute approximate surface area is 187 Å². The van der Waals surface area contributed by atoms with Crippen LogP contribution in [0.5, 0.6) is 0 Å². The van der Waals surface area contributed by atoms with Crippen LogP contribution in [0.1, 0.15) is 43.6 Å². The van der Waals surface area contributed by atoms with E-state index in [-0.39, 0.29) is 15.5 Å². The van der Waals surface area contributed by atoms with E-state index in [0.29, 0.717) is 12.3 Å². The molecule has 0 heterocycles. The van der Waals surface area contributed by atoms with Crippen molar-refractivity contribution in [3.63, 3.8) is 0 Å². The van der Waals surface area contributed by atoms with Gasteiger partial charge in [-0.2, -0.15) is 0 Å². The van der Waals surface area contributed by atoms with Crippen molar-refractivity contribution < 1.29 is 22.7 Å². The molecular weight excluding hydrogens is 440 g/mol. The Hall–Kier alpha value is -2.68. The minimum atomic E-state index is -3.91. The van der Waals surface area contributed by atoms with Crippen molar-refractivity contribution in [3.05, 3.63) is 64.7 Å². The number of benzene rings is 2. The van der Waals surface area contributed by atoms with Gasteiger partial charge in [0.1, 0.15) is 4.90 Å². The van der Waals surface area contributed by atoms with Crippen LogP contribution in [0.4, 0.5) is 5.69 Å². The predicted octanol–water partition coefficient (Wildman–Crippen LogP) is 4.25. The second-order valence-corrected chi connectivity index (χ2v) is 9.72. The topological polar surface area (TPSA) is 102 Å². The number of hydrogen-bond donors (Lipinski definition) is 2. The molecule has 2 aromatic carbocycles. The Balaban J connectivity index is 2.17. The Bertz CT molecular complexity index is 1090. The quantitative estimate of drug-likeness (QED) is 0.471. The molecule has 2 rings (SSSR count).